The Balaban J connectivity index is 1.94. The minimum Gasteiger partial charge on any atom is -0.319 e. The Bertz CT molecular complexity index is 593. The maximum Gasteiger partial charge on any atom is 0.293 e. The highest BCUT2D eigenvalue weighted by atomic mass is 16.6. The third kappa shape index (κ3) is 5.30. The van der Waals surface area contributed by atoms with E-state index in [-0.39, 0.29) is 23.8 Å². The van der Waals surface area contributed by atoms with Gasteiger partial charge in [0.25, 0.3) is 5.69 Å². The first-order valence-electron chi connectivity index (χ1n) is 8.76. The van der Waals surface area contributed by atoms with Crippen LogP contribution in [-0.2, 0) is 4.79 Å². The first-order valence-corrected chi connectivity index (χ1v) is 8.76. The van der Waals surface area contributed by atoms with Crippen LogP contribution in [0.1, 0.15) is 56.1 Å². The average Bonchev–Trinajstić information content (AvgIpc) is 2.49. The highest BCUT2D eigenvalue weighted by Crippen LogP contribution is 2.27. The second-order valence-electron chi connectivity index (χ2n) is 6.68. The fourth-order valence-electron chi connectivity index (χ4n) is 3.14. The smallest absolute Gasteiger partial charge is 0.293 e. The first-order chi connectivity index (χ1) is 11.5. The lowest BCUT2D eigenvalue weighted by molar-refractivity contribution is -0.384. The van der Waals surface area contributed by atoms with E-state index in [0.29, 0.717) is 6.04 Å². The van der Waals surface area contributed by atoms with Gasteiger partial charge >= 0.3 is 0 Å². The van der Waals surface area contributed by atoms with Gasteiger partial charge in [-0.2, -0.15) is 0 Å². The van der Waals surface area contributed by atoms with Gasteiger partial charge in [-0.1, -0.05) is 32.1 Å². The van der Waals surface area contributed by atoms with Gasteiger partial charge in [0.1, 0.15) is 5.69 Å². The van der Waals surface area contributed by atoms with Crippen LogP contribution in [0.4, 0.5) is 11.4 Å². The molecule has 1 aliphatic carbocycles. The van der Waals surface area contributed by atoms with E-state index in [9.17, 15) is 14.9 Å². The summed E-state index contributed by atoms with van der Waals surface area (Å²) >= 11 is 0. The van der Waals surface area contributed by atoms with Gasteiger partial charge in [0.05, 0.1) is 11.5 Å². The molecule has 0 aromatic heterocycles. The monoisotopic (exact) mass is 333 g/mol. The Hall–Kier alpha value is -1.95. The molecule has 2 N–H and O–H groups in total. The van der Waals surface area contributed by atoms with Crippen molar-refractivity contribution in [3.63, 3.8) is 0 Å². The SMILES string of the molecule is Cc1cc(NC(=O)CNC2CCCCCCC2)c([N+](=O)[O-])cc1C. The minimum atomic E-state index is -0.454. The van der Waals surface area contributed by atoms with E-state index >= 15 is 0 Å². The molecule has 24 heavy (non-hydrogen) atoms. The molecule has 1 aromatic rings. The Morgan fingerprint density at radius 3 is 2.33 bits per heavy atom. The van der Waals surface area contributed by atoms with Gasteiger partial charge in [-0.25, -0.2) is 0 Å². The molecule has 1 amide bonds. The molecule has 6 nitrogen and oxygen atoms in total. The molecule has 0 bridgehead atoms. The molecule has 132 valence electrons. The molecule has 0 heterocycles. The summed E-state index contributed by atoms with van der Waals surface area (Å²) < 4.78 is 0. The van der Waals surface area contributed by atoms with Gasteiger partial charge in [-0.05, 0) is 43.9 Å². The van der Waals surface area contributed by atoms with Gasteiger partial charge in [-0.15, -0.1) is 0 Å². The number of aryl methyl sites for hydroxylation is 2. The van der Waals surface area contributed by atoms with Crippen LogP contribution in [0.2, 0.25) is 0 Å². The van der Waals surface area contributed by atoms with Crippen LogP contribution in [0.3, 0.4) is 0 Å². The Morgan fingerprint density at radius 2 is 1.71 bits per heavy atom. The minimum absolute atomic E-state index is 0.0580. The zero-order chi connectivity index (χ0) is 17.5. The second-order valence-corrected chi connectivity index (χ2v) is 6.68. The van der Waals surface area contributed by atoms with Crippen molar-refractivity contribution >= 4 is 17.3 Å². The third-order valence-electron chi connectivity index (χ3n) is 4.74. The van der Waals surface area contributed by atoms with Crippen molar-refractivity contribution in [2.24, 2.45) is 0 Å². The number of nitro benzene ring substituents is 1. The molecule has 2 rings (SSSR count). The Kier molecular flexibility index (Phi) is 6.73. The summed E-state index contributed by atoms with van der Waals surface area (Å²) in [5, 5.41) is 17.2. The summed E-state index contributed by atoms with van der Waals surface area (Å²) in [5.74, 6) is -0.233. The summed E-state index contributed by atoms with van der Waals surface area (Å²) in [4.78, 5) is 22.9. The van der Waals surface area contributed by atoms with E-state index in [0.717, 1.165) is 24.0 Å². The van der Waals surface area contributed by atoms with Crippen LogP contribution >= 0.6 is 0 Å². The van der Waals surface area contributed by atoms with E-state index in [1.807, 2.05) is 13.8 Å². The molecule has 6 heteroatoms. The van der Waals surface area contributed by atoms with Crippen molar-refractivity contribution in [2.75, 3.05) is 11.9 Å². The van der Waals surface area contributed by atoms with Crippen molar-refractivity contribution in [2.45, 2.75) is 64.8 Å². The van der Waals surface area contributed by atoms with E-state index in [4.69, 9.17) is 0 Å². The molecule has 0 spiro atoms. The normalized spacial score (nSPS) is 16.2. The number of carbonyl (C=O) groups excluding carboxylic acids is 1. The molecule has 1 fully saturated rings. The number of amides is 1. The number of nitro groups is 1. The molecule has 1 aliphatic rings. The molecule has 1 aromatic carbocycles. The lowest BCUT2D eigenvalue weighted by Crippen LogP contribution is -2.36. The van der Waals surface area contributed by atoms with Crippen molar-refractivity contribution in [3.8, 4) is 0 Å². The van der Waals surface area contributed by atoms with Gasteiger partial charge in [0.15, 0.2) is 0 Å². The zero-order valence-corrected chi connectivity index (χ0v) is 14.6. The molecule has 0 unspecified atom stereocenters. The van der Waals surface area contributed by atoms with Crippen LogP contribution in [0.5, 0.6) is 0 Å². The zero-order valence-electron chi connectivity index (χ0n) is 14.6. The van der Waals surface area contributed by atoms with Crippen LogP contribution in [0.25, 0.3) is 0 Å². The van der Waals surface area contributed by atoms with Gasteiger partial charge in [0, 0.05) is 12.1 Å². The van der Waals surface area contributed by atoms with Crippen molar-refractivity contribution in [3.05, 3.63) is 33.4 Å². The predicted molar refractivity (Wildman–Crippen MR) is 95.3 cm³/mol. The maximum atomic E-state index is 12.2. The van der Waals surface area contributed by atoms with E-state index in [1.54, 1.807) is 6.07 Å². The Morgan fingerprint density at radius 1 is 1.12 bits per heavy atom. The number of anilines is 1. The third-order valence-corrected chi connectivity index (χ3v) is 4.74. The van der Waals surface area contributed by atoms with Gasteiger partial charge in [0.2, 0.25) is 5.91 Å². The molecule has 0 atom stereocenters. The topological polar surface area (TPSA) is 84.3 Å². The highest BCUT2D eigenvalue weighted by molar-refractivity contribution is 5.94. The lowest BCUT2D eigenvalue weighted by atomic mass is 9.97. The maximum absolute atomic E-state index is 12.2. The number of hydrogen-bond acceptors (Lipinski definition) is 4. The summed E-state index contributed by atoms with van der Waals surface area (Å²) in [6.45, 7) is 3.89. The van der Waals surface area contributed by atoms with Crippen LogP contribution < -0.4 is 10.6 Å². The highest BCUT2D eigenvalue weighted by Gasteiger charge is 2.18. The summed E-state index contributed by atoms with van der Waals surface area (Å²) in [7, 11) is 0. The second kappa shape index (κ2) is 8.78. The number of nitrogens with zero attached hydrogens (tertiary/aromatic N) is 1. The summed E-state index contributed by atoms with van der Waals surface area (Å²) in [6.07, 6.45) is 8.42. The van der Waals surface area contributed by atoms with Crippen LogP contribution in [-0.4, -0.2) is 23.4 Å². The number of rotatable bonds is 5. The van der Waals surface area contributed by atoms with Gasteiger partial charge < -0.3 is 10.6 Å². The number of benzene rings is 1. The predicted octanol–water partition coefficient (Wildman–Crippen LogP) is 3.85. The average molecular weight is 333 g/mol. The molecule has 0 saturated heterocycles. The van der Waals surface area contributed by atoms with Crippen molar-refractivity contribution in [1.29, 1.82) is 0 Å². The quantitative estimate of drug-likeness (QED) is 0.633. The first kappa shape index (κ1) is 18.4. The lowest BCUT2D eigenvalue weighted by Gasteiger charge is -2.20. The molecule has 0 aliphatic heterocycles. The van der Waals surface area contributed by atoms with E-state index in [1.165, 1.54) is 38.2 Å². The molecular weight excluding hydrogens is 306 g/mol. The van der Waals surface area contributed by atoms with Crippen molar-refractivity contribution in [1.82, 2.24) is 5.32 Å². The van der Waals surface area contributed by atoms with E-state index < -0.39 is 4.92 Å². The van der Waals surface area contributed by atoms with Crippen molar-refractivity contribution < 1.29 is 9.72 Å². The number of nitrogens with one attached hydrogen (secondary N) is 2. The molecule has 0 radical (unpaired) electrons. The molecular formula is C18H27N3O3. The number of carbonyl (C=O) groups is 1. The van der Waals surface area contributed by atoms with E-state index in [2.05, 4.69) is 10.6 Å². The molecule has 1 saturated carbocycles. The van der Waals surface area contributed by atoms with Gasteiger partial charge in [-0.3, -0.25) is 14.9 Å². The standard InChI is InChI=1S/C18H27N3O3/c1-13-10-16(17(21(23)24)11-14(13)2)20-18(22)12-19-15-8-6-4-3-5-7-9-15/h10-11,15,19H,3-9,12H2,1-2H3,(H,20,22). The summed E-state index contributed by atoms with van der Waals surface area (Å²) in [5.41, 5.74) is 1.97. The summed E-state index contributed by atoms with van der Waals surface area (Å²) in [6, 6.07) is 3.54. The number of hydrogen-bond donors (Lipinski definition) is 2. The van der Waals surface area contributed by atoms with Crippen LogP contribution in [0, 0.1) is 24.0 Å². The fraction of sp³-hybridized carbons (Fsp3) is 0.611. The Labute approximate surface area is 143 Å². The fourth-order valence-corrected chi connectivity index (χ4v) is 3.14. The largest absolute Gasteiger partial charge is 0.319 e. The van der Waals surface area contributed by atoms with Crippen LogP contribution in [0.15, 0.2) is 12.1 Å².